The molecule has 0 aliphatic heterocycles. The third-order valence-corrected chi connectivity index (χ3v) is 0.921. The summed E-state index contributed by atoms with van der Waals surface area (Å²) < 4.78 is 47.8. The summed E-state index contributed by atoms with van der Waals surface area (Å²) in [7, 11) is 0. The van der Waals surface area contributed by atoms with E-state index in [1.54, 1.807) is 6.07 Å². The van der Waals surface area contributed by atoms with Crippen LogP contribution >= 0.6 is 0 Å². The van der Waals surface area contributed by atoms with Gasteiger partial charge in [0.25, 0.3) is 0 Å². The second-order valence-electron chi connectivity index (χ2n) is 1.58. The SMILES string of the molecule is Fc1[c]cc(F)c(F)c1F.[AlH3]. The monoisotopic (exact) mass is 179 g/mol. The lowest BCUT2D eigenvalue weighted by Crippen LogP contribution is -1.93. The Kier molecular flexibility index (Phi) is 3.57. The van der Waals surface area contributed by atoms with Crippen molar-refractivity contribution in [1.29, 1.82) is 0 Å². The zero-order valence-electron chi connectivity index (χ0n) is 4.59. The predicted octanol–water partition coefficient (Wildman–Crippen LogP) is 0.859. The first-order valence-corrected chi connectivity index (χ1v) is 2.33. The highest BCUT2D eigenvalue weighted by molar-refractivity contribution is 5.75. The maximum absolute atomic E-state index is 12.0. The van der Waals surface area contributed by atoms with E-state index in [1.165, 1.54) is 0 Å². The summed E-state index contributed by atoms with van der Waals surface area (Å²) in [5.41, 5.74) is 0. The molecule has 0 heterocycles. The molecule has 0 N–H and O–H groups in total. The third kappa shape index (κ3) is 1.95. The van der Waals surface area contributed by atoms with Crippen LogP contribution in [-0.4, -0.2) is 17.4 Å². The van der Waals surface area contributed by atoms with E-state index in [4.69, 9.17) is 0 Å². The van der Waals surface area contributed by atoms with Gasteiger partial charge in [-0.05, 0) is 6.07 Å². The van der Waals surface area contributed by atoms with Gasteiger partial charge >= 0.3 is 0 Å². The Balaban J connectivity index is 0.000001000. The van der Waals surface area contributed by atoms with Crippen LogP contribution in [0.5, 0.6) is 0 Å². The molecule has 0 atom stereocenters. The average Bonchev–Trinajstić information content (AvgIpc) is 1.93. The van der Waals surface area contributed by atoms with E-state index < -0.39 is 23.3 Å². The van der Waals surface area contributed by atoms with Crippen LogP contribution in [0.3, 0.4) is 0 Å². The molecule has 5 heteroatoms. The molecule has 11 heavy (non-hydrogen) atoms. The fourth-order valence-electron chi connectivity index (χ4n) is 0.455. The van der Waals surface area contributed by atoms with Gasteiger partial charge in [0.2, 0.25) is 0 Å². The van der Waals surface area contributed by atoms with Crippen molar-refractivity contribution in [1.82, 2.24) is 0 Å². The maximum atomic E-state index is 12.0. The smallest absolute Gasteiger partial charge is 0.198 e. The first-order chi connectivity index (χ1) is 4.63. The van der Waals surface area contributed by atoms with Crippen molar-refractivity contribution in [3.63, 3.8) is 0 Å². The van der Waals surface area contributed by atoms with E-state index in [9.17, 15) is 17.6 Å². The minimum Gasteiger partial charge on any atom is -0.204 e. The normalized spacial score (nSPS) is 9.09. The van der Waals surface area contributed by atoms with Crippen LogP contribution < -0.4 is 0 Å². The van der Waals surface area contributed by atoms with E-state index in [2.05, 4.69) is 0 Å². The molecule has 0 nitrogen and oxygen atoms in total. The maximum Gasteiger partial charge on any atom is 0.198 e. The molecule has 1 aromatic rings. The minimum absolute atomic E-state index is 0. The van der Waals surface area contributed by atoms with Gasteiger partial charge in [-0.15, -0.1) is 0 Å². The fraction of sp³-hybridized carbons (Fsp3) is 0. The lowest BCUT2D eigenvalue weighted by molar-refractivity contribution is 0.408. The number of rotatable bonds is 0. The molecule has 0 aromatic heterocycles. The van der Waals surface area contributed by atoms with E-state index in [-0.39, 0.29) is 17.4 Å². The standard InChI is InChI=1S/C6HF4.Al.3H/c7-3-1-2-4(8)6(10)5(3)9;;;;/h1H;;;;. The van der Waals surface area contributed by atoms with Crippen molar-refractivity contribution in [3.8, 4) is 0 Å². The molecule has 0 amide bonds. The van der Waals surface area contributed by atoms with E-state index in [0.717, 1.165) is 0 Å². The topological polar surface area (TPSA) is 0 Å². The highest BCUT2D eigenvalue weighted by atomic mass is 27.0. The Morgan fingerprint density at radius 3 is 2.00 bits per heavy atom. The Bertz CT molecular complexity index is 234. The van der Waals surface area contributed by atoms with Crippen molar-refractivity contribution in [2.45, 2.75) is 0 Å². The second kappa shape index (κ2) is 3.75. The third-order valence-electron chi connectivity index (χ3n) is 0.921. The van der Waals surface area contributed by atoms with Crippen molar-refractivity contribution in [2.75, 3.05) is 0 Å². The zero-order chi connectivity index (χ0) is 7.72. The van der Waals surface area contributed by atoms with E-state index >= 15 is 0 Å². The predicted molar refractivity (Wildman–Crippen MR) is 35.0 cm³/mol. The van der Waals surface area contributed by atoms with Crippen molar-refractivity contribution < 1.29 is 17.6 Å². The molecule has 1 aromatic carbocycles. The van der Waals surface area contributed by atoms with E-state index in [1.807, 2.05) is 0 Å². The largest absolute Gasteiger partial charge is 0.204 e. The molecule has 0 saturated heterocycles. The van der Waals surface area contributed by atoms with Crippen LogP contribution in [0.2, 0.25) is 0 Å². The summed E-state index contributed by atoms with van der Waals surface area (Å²) >= 11 is 0. The lowest BCUT2D eigenvalue weighted by Gasteiger charge is -1.93. The lowest BCUT2D eigenvalue weighted by atomic mass is 10.3. The van der Waals surface area contributed by atoms with Crippen LogP contribution in [-0.2, 0) is 0 Å². The molecule has 1 radical (unpaired) electrons. The van der Waals surface area contributed by atoms with Gasteiger partial charge in [0, 0.05) is 6.07 Å². The van der Waals surface area contributed by atoms with Crippen LogP contribution in [0.1, 0.15) is 0 Å². The molecule has 0 fully saturated rings. The van der Waals surface area contributed by atoms with Gasteiger partial charge in [0.15, 0.2) is 40.6 Å². The second-order valence-corrected chi connectivity index (χ2v) is 1.58. The Morgan fingerprint density at radius 1 is 1.00 bits per heavy atom. The minimum atomic E-state index is -1.83. The Hall–Kier alpha value is -0.528. The van der Waals surface area contributed by atoms with Crippen molar-refractivity contribution >= 4 is 17.4 Å². The number of benzene rings is 1. The molecule has 0 bridgehead atoms. The Morgan fingerprint density at radius 2 is 1.55 bits per heavy atom. The first-order valence-electron chi connectivity index (χ1n) is 2.33. The number of hydrogen-bond donors (Lipinski definition) is 0. The van der Waals surface area contributed by atoms with Crippen LogP contribution in [0.15, 0.2) is 6.07 Å². The summed E-state index contributed by atoms with van der Waals surface area (Å²) in [5.74, 6) is -6.60. The van der Waals surface area contributed by atoms with Gasteiger partial charge in [-0.2, -0.15) is 0 Å². The molecular weight excluding hydrogens is 175 g/mol. The van der Waals surface area contributed by atoms with Crippen LogP contribution in [0.25, 0.3) is 0 Å². The van der Waals surface area contributed by atoms with Crippen LogP contribution in [0.4, 0.5) is 17.6 Å². The first kappa shape index (κ1) is 10.5. The fourth-order valence-corrected chi connectivity index (χ4v) is 0.455. The van der Waals surface area contributed by atoms with Gasteiger partial charge in [0.05, 0.1) is 0 Å². The van der Waals surface area contributed by atoms with Gasteiger partial charge in [-0.3, -0.25) is 0 Å². The van der Waals surface area contributed by atoms with Crippen molar-refractivity contribution in [3.05, 3.63) is 35.4 Å². The highest BCUT2D eigenvalue weighted by Gasteiger charge is 2.12. The molecule has 0 spiro atoms. The Labute approximate surface area is 71.0 Å². The van der Waals surface area contributed by atoms with Gasteiger partial charge < -0.3 is 0 Å². The summed E-state index contributed by atoms with van der Waals surface area (Å²) in [6.07, 6.45) is 0. The molecule has 1 rings (SSSR count). The summed E-state index contributed by atoms with van der Waals surface area (Å²) in [6, 6.07) is 1.95. The van der Waals surface area contributed by atoms with Crippen LogP contribution in [0, 0.1) is 29.3 Å². The molecule has 0 aliphatic rings. The van der Waals surface area contributed by atoms with E-state index in [0.29, 0.717) is 6.07 Å². The van der Waals surface area contributed by atoms with Gasteiger partial charge in [-0.25, -0.2) is 17.6 Å². The summed E-state index contributed by atoms with van der Waals surface area (Å²) in [4.78, 5) is 0. The average molecular weight is 179 g/mol. The zero-order valence-corrected chi connectivity index (χ0v) is 4.59. The molecule has 59 valence electrons. The molecule has 0 unspecified atom stereocenters. The number of hydrogen-bond acceptors (Lipinski definition) is 0. The van der Waals surface area contributed by atoms with Gasteiger partial charge in [0.1, 0.15) is 0 Å². The number of halogens is 4. The molecule has 0 aliphatic carbocycles. The summed E-state index contributed by atoms with van der Waals surface area (Å²) in [5, 5.41) is 0. The highest BCUT2D eigenvalue weighted by Crippen LogP contribution is 2.12. The molecule has 0 saturated carbocycles. The van der Waals surface area contributed by atoms with Gasteiger partial charge in [-0.1, -0.05) is 0 Å². The van der Waals surface area contributed by atoms with Crippen molar-refractivity contribution in [2.24, 2.45) is 0 Å². The quantitative estimate of drug-likeness (QED) is 0.240. The molecular formula is C6H4AlF4. The summed E-state index contributed by atoms with van der Waals surface area (Å²) in [6.45, 7) is 0.